The molecule has 0 saturated carbocycles. The minimum absolute atomic E-state index is 0.0713. The van der Waals surface area contributed by atoms with Gasteiger partial charge in [-0.25, -0.2) is 9.68 Å². The van der Waals surface area contributed by atoms with E-state index in [0.717, 1.165) is 0 Å². The Bertz CT molecular complexity index is 803. The highest BCUT2D eigenvalue weighted by atomic mass is 17.0. The van der Waals surface area contributed by atoms with Crippen LogP contribution in [-0.2, 0) is 32.5 Å². The molecule has 0 radical (unpaired) electrons. The van der Waals surface area contributed by atoms with E-state index in [1.807, 2.05) is 12.1 Å². The van der Waals surface area contributed by atoms with Crippen molar-refractivity contribution in [3.05, 3.63) is 70.8 Å². The highest BCUT2D eigenvalue weighted by molar-refractivity contribution is 6.33. The lowest BCUT2D eigenvalue weighted by Crippen LogP contribution is -2.40. The second kappa shape index (κ2) is 8.94. The van der Waals surface area contributed by atoms with E-state index in [9.17, 15) is 9.59 Å². The van der Waals surface area contributed by atoms with Crippen LogP contribution >= 0.6 is 0 Å². The number of nitrogens with two attached hydrogens (primary N) is 1. The number of benzene rings is 2. The monoisotopic (exact) mass is 350 g/mol. The van der Waals surface area contributed by atoms with Crippen LogP contribution in [0.2, 0.25) is 0 Å². The van der Waals surface area contributed by atoms with Crippen molar-refractivity contribution in [2.45, 2.75) is 13.2 Å². The number of amides is 2. The molecule has 130 valence electrons. The Morgan fingerprint density at radius 1 is 0.846 bits per heavy atom. The van der Waals surface area contributed by atoms with Crippen molar-refractivity contribution in [2.75, 3.05) is 0 Å². The van der Waals surface area contributed by atoms with E-state index in [-0.39, 0.29) is 13.2 Å². The van der Waals surface area contributed by atoms with Gasteiger partial charge in [-0.15, -0.1) is 0 Å². The Balaban J connectivity index is 2.00. The third kappa shape index (κ3) is 5.14. The summed E-state index contributed by atoms with van der Waals surface area (Å²) in [7, 11) is 0. The number of nitrogens with zero attached hydrogens (tertiary/aromatic N) is 3. The summed E-state index contributed by atoms with van der Waals surface area (Å²) < 4.78 is 0. The van der Waals surface area contributed by atoms with Crippen LogP contribution in [0, 0.1) is 22.7 Å². The number of hydrogen-bond donors (Lipinski definition) is 1. The van der Waals surface area contributed by atoms with Crippen LogP contribution < -0.4 is 5.73 Å². The number of rotatable bonds is 6. The van der Waals surface area contributed by atoms with Gasteiger partial charge in [0.15, 0.2) is 0 Å². The fourth-order valence-corrected chi connectivity index (χ4v) is 1.86. The summed E-state index contributed by atoms with van der Waals surface area (Å²) in [6.07, 6.45) is 0. The van der Waals surface area contributed by atoms with Crippen molar-refractivity contribution >= 4 is 11.8 Å². The van der Waals surface area contributed by atoms with Gasteiger partial charge in [0.05, 0.1) is 23.3 Å². The third-order valence-corrected chi connectivity index (χ3v) is 3.24. The highest BCUT2D eigenvalue weighted by Crippen LogP contribution is 2.10. The van der Waals surface area contributed by atoms with E-state index < -0.39 is 11.8 Å². The molecule has 2 rings (SSSR count). The second-order valence-electron chi connectivity index (χ2n) is 5.09. The van der Waals surface area contributed by atoms with Crippen LogP contribution in [-0.4, -0.2) is 17.0 Å². The molecule has 0 fully saturated rings. The fraction of sp³-hybridized carbons (Fsp3) is 0.111. The molecule has 2 amide bonds. The first-order valence-corrected chi connectivity index (χ1v) is 7.41. The predicted octanol–water partition coefficient (Wildman–Crippen LogP) is 1.31. The largest absolute Gasteiger partial charge is 0.361 e. The van der Waals surface area contributed by atoms with Gasteiger partial charge < -0.3 is 5.73 Å². The second-order valence-corrected chi connectivity index (χ2v) is 5.09. The van der Waals surface area contributed by atoms with Gasteiger partial charge in [-0.05, 0) is 35.4 Å². The maximum atomic E-state index is 11.8. The van der Waals surface area contributed by atoms with Crippen LogP contribution in [0.5, 0.6) is 0 Å². The van der Waals surface area contributed by atoms with Gasteiger partial charge in [-0.3, -0.25) is 9.59 Å². The SMILES string of the molecule is N#Cc1ccc(CON(OCc2ccc(C#N)cc2)C(=O)C(N)=O)cc1. The zero-order chi connectivity index (χ0) is 18.9. The first-order valence-electron chi connectivity index (χ1n) is 7.41. The van der Waals surface area contributed by atoms with Gasteiger partial charge in [0.2, 0.25) is 0 Å². The Hall–Kier alpha value is -3.72. The third-order valence-electron chi connectivity index (χ3n) is 3.24. The Kier molecular flexibility index (Phi) is 6.40. The van der Waals surface area contributed by atoms with E-state index in [2.05, 4.69) is 0 Å². The normalized spacial score (nSPS) is 9.77. The van der Waals surface area contributed by atoms with E-state index in [4.69, 9.17) is 25.9 Å². The van der Waals surface area contributed by atoms with Gasteiger partial charge >= 0.3 is 11.8 Å². The average Bonchev–Trinajstić information content (AvgIpc) is 2.68. The van der Waals surface area contributed by atoms with Crippen LogP contribution in [0.4, 0.5) is 0 Å². The van der Waals surface area contributed by atoms with Crippen LogP contribution in [0.25, 0.3) is 0 Å². The van der Waals surface area contributed by atoms with Crippen molar-refractivity contribution in [1.29, 1.82) is 10.5 Å². The Labute approximate surface area is 149 Å². The molecular weight excluding hydrogens is 336 g/mol. The number of carbonyl (C=O) groups is 2. The van der Waals surface area contributed by atoms with Crippen LogP contribution in [0.15, 0.2) is 48.5 Å². The molecule has 0 bridgehead atoms. The molecule has 0 aliphatic heterocycles. The lowest BCUT2D eigenvalue weighted by molar-refractivity contribution is -0.350. The molecule has 0 saturated heterocycles. The van der Waals surface area contributed by atoms with Gasteiger partial charge in [-0.2, -0.15) is 10.5 Å². The molecule has 8 heteroatoms. The summed E-state index contributed by atoms with van der Waals surface area (Å²) in [5, 5.41) is 18.0. The lowest BCUT2D eigenvalue weighted by atomic mass is 10.2. The highest BCUT2D eigenvalue weighted by Gasteiger charge is 2.22. The molecule has 0 spiro atoms. The molecule has 8 nitrogen and oxygen atoms in total. The molecule has 0 atom stereocenters. The van der Waals surface area contributed by atoms with Crippen molar-refractivity contribution in [1.82, 2.24) is 5.23 Å². The molecule has 0 aromatic heterocycles. The molecule has 0 aliphatic carbocycles. The van der Waals surface area contributed by atoms with Crippen molar-refractivity contribution in [3.63, 3.8) is 0 Å². The quantitative estimate of drug-likeness (QED) is 0.617. The number of hydrogen-bond acceptors (Lipinski definition) is 6. The lowest BCUT2D eigenvalue weighted by Gasteiger charge is -2.19. The first-order chi connectivity index (χ1) is 12.5. The minimum atomic E-state index is -1.23. The molecule has 2 N–H and O–H groups in total. The summed E-state index contributed by atoms with van der Waals surface area (Å²) in [5.41, 5.74) is 7.27. The standard InChI is InChI=1S/C18H14N4O4/c19-9-13-1-5-15(6-2-13)11-25-22(18(24)17(21)23)26-12-16-7-3-14(10-20)4-8-16/h1-8H,11-12H2,(H2,21,23). The summed E-state index contributed by atoms with van der Waals surface area (Å²) >= 11 is 0. The molecular formula is C18H14N4O4. The first kappa shape index (κ1) is 18.6. The maximum absolute atomic E-state index is 11.8. The number of carbonyl (C=O) groups excluding carboxylic acids is 2. The smallest absolute Gasteiger partial charge is 0.361 e. The zero-order valence-electron chi connectivity index (χ0n) is 13.6. The van der Waals surface area contributed by atoms with Crippen molar-refractivity contribution in [2.24, 2.45) is 5.73 Å². The molecule has 26 heavy (non-hydrogen) atoms. The number of hydroxylamine groups is 2. The molecule has 0 unspecified atom stereocenters. The van der Waals surface area contributed by atoms with Gasteiger partial charge in [0, 0.05) is 0 Å². The summed E-state index contributed by atoms with van der Waals surface area (Å²) in [6, 6.07) is 16.9. The molecule has 0 heterocycles. The van der Waals surface area contributed by atoms with Crippen molar-refractivity contribution < 1.29 is 19.3 Å². The van der Waals surface area contributed by atoms with E-state index >= 15 is 0 Å². The van der Waals surface area contributed by atoms with Gasteiger partial charge in [0.25, 0.3) is 0 Å². The zero-order valence-corrected chi connectivity index (χ0v) is 13.6. The summed E-state index contributed by atoms with van der Waals surface area (Å²) in [5.74, 6) is -2.39. The van der Waals surface area contributed by atoms with Crippen molar-refractivity contribution in [3.8, 4) is 12.1 Å². The number of nitriles is 2. The maximum Gasteiger partial charge on any atom is 0.361 e. The number of primary amides is 1. The predicted molar refractivity (Wildman–Crippen MR) is 87.9 cm³/mol. The van der Waals surface area contributed by atoms with E-state index in [0.29, 0.717) is 27.5 Å². The fourth-order valence-electron chi connectivity index (χ4n) is 1.86. The molecule has 0 aliphatic rings. The topological polar surface area (TPSA) is 129 Å². The van der Waals surface area contributed by atoms with E-state index in [1.165, 1.54) is 0 Å². The molecule has 2 aromatic carbocycles. The summed E-state index contributed by atoms with van der Waals surface area (Å²) in [6.45, 7) is -0.143. The van der Waals surface area contributed by atoms with E-state index in [1.54, 1.807) is 48.5 Å². The van der Waals surface area contributed by atoms with Gasteiger partial charge in [0.1, 0.15) is 13.2 Å². The average molecular weight is 350 g/mol. The van der Waals surface area contributed by atoms with Crippen LogP contribution in [0.1, 0.15) is 22.3 Å². The van der Waals surface area contributed by atoms with Crippen LogP contribution in [0.3, 0.4) is 0 Å². The molecule has 2 aromatic rings. The summed E-state index contributed by atoms with van der Waals surface area (Å²) in [4.78, 5) is 33.4. The Morgan fingerprint density at radius 2 is 1.23 bits per heavy atom. The van der Waals surface area contributed by atoms with Gasteiger partial charge in [-0.1, -0.05) is 29.5 Å². The minimum Gasteiger partial charge on any atom is -0.361 e. The Morgan fingerprint density at radius 3 is 1.54 bits per heavy atom.